The summed E-state index contributed by atoms with van der Waals surface area (Å²) in [4.78, 5) is 4.74. The lowest BCUT2D eigenvalue weighted by atomic mass is 10.1. The Hall–Kier alpha value is -2.06. The van der Waals surface area contributed by atoms with Gasteiger partial charge in [0.05, 0.1) is 18.2 Å². The molecule has 1 rings (SSSR count). The molecule has 0 spiro atoms. The molecule has 0 aromatic heterocycles. The van der Waals surface area contributed by atoms with Gasteiger partial charge in [0.1, 0.15) is 12.4 Å². The van der Waals surface area contributed by atoms with Gasteiger partial charge in [0.25, 0.3) is 0 Å². The predicted octanol–water partition coefficient (Wildman–Crippen LogP) is 0.772. The summed E-state index contributed by atoms with van der Waals surface area (Å²) >= 11 is 0. The Labute approximate surface area is 100 Å². The summed E-state index contributed by atoms with van der Waals surface area (Å²) in [6.45, 7) is 0.0734. The average Bonchev–Trinajstić information content (AvgIpc) is 2.37. The van der Waals surface area contributed by atoms with Gasteiger partial charge in [0.15, 0.2) is 0 Å². The quantitative estimate of drug-likeness (QED) is 0.328. The largest absolute Gasteiger partial charge is 0.393 e. The van der Waals surface area contributed by atoms with Crippen LogP contribution in [0.3, 0.4) is 0 Å². The lowest BCUT2D eigenvalue weighted by molar-refractivity contribution is 0.0979. The summed E-state index contributed by atoms with van der Waals surface area (Å²) in [5.41, 5.74) is 7.34. The first-order chi connectivity index (χ1) is 8.26. The number of nitriles is 1. The lowest BCUT2D eigenvalue weighted by Crippen LogP contribution is -2.13. The van der Waals surface area contributed by atoms with E-state index < -0.39 is 0 Å². The first kappa shape index (κ1) is 13.0. The first-order valence-electron chi connectivity index (χ1n) is 5.30. The van der Waals surface area contributed by atoms with Crippen molar-refractivity contribution < 1.29 is 9.94 Å². The molecule has 0 bridgehead atoms. The molecule has 0 atom stereocenters. The maximum Gasteiger partial charge on any atom is 0.140 e. The van der Waals surface area contributed by atoms with Crippen molar-refractivity contribution in [2.75, 3.05) is 13.2 Å². The third-order valence-electron chi connectivity index (χ3n) is 2.12. The SMILES string of the molecule is N#Cc1ccc(CC/C(N)=N/OCCO)cc1. The van der Waals surface area contributed by atoms with Crippen molar-refractivity contribution in [2.45, 2.75) is 12.8 Å². The molecule has 3 N–H and O–H groups in total. The summed E-state index contributed by atoms with van der Waals surface area (Å²) in [6.07, 6.45) is 1.32. The lowest BCUT2D eigenvalue weighted by Gasteiger charge is -2.02. The summed E-state index contributed by atoms with van der Waals surface area (Å²) in [5.74, 6) is 0.391. The number of oxime groups is 1. The van der Waals surface area contributed by atoms with E-state index in [0.29, 0.717) is 17.8 Å². The minimum atomic E-state index is -0.0770. The van der Waals surface area contributed by atoms with E-state index in [2.05, 4.69) is 11.2 Å². The number of nitrogens with two attached hydrogens (primary N) is 1. The minimum Gasteiger partial charge on any atom is -0.393 e. The van der Waals surface area contributed by atoms with Crippen LogP contribution >= 0.6 is 0 Å². The van der Waals surface area contributed by atoms with Crippen molar-refractivity contribution in [3.63, 3.8) is 0 Å². The van der Waals surface area contributed by atoms with Crippen molar-refractivity contribution in [2.24, 2.45) is 10.9 Å². The van der Waals surface area contributed by atoms with Crippen molar-refractivity contribution in [3.8, 4) is 6.07 Å². The van der Waals surface area contributed by atoms with Crippen LogP contribution in [0.4, 0.5) is 0 Å². The molecule has 0 fully saturated rings. The zero-order valence-electron chi connectivity index (χ0n) is 9.47. The van der Waals surface area contributed by atoms with Gasteiger partial charge in [-0.2, -0.15) is 5.26 Å². The second-order valence-corrected chi connectivity index (χ2v) is 3.45. The van der Waals surface area contributed by atoms with Crippen LogP contribution in [0.1, 0.15) is 17.5 Å². The van der Waals surface area contributed by atoms with E-state index in [1.807, 2.05) is 12.1 Å². The molecule has 0 aliphatic rings. The van der Waals surface area contributed by atoms with Gasteiger partial charge in [-0.05, 0) is 24.1 Å². The van der Waals surface area contributed by atoms with Gasteiger partial charge < -0.3 is 15.7 Å². The summed E-state index contributed by atoms with van der Waals surface area (Å²) < 4.78 is 0. The fourth-order valence-electron chi connectivity index (χ4n) is 1.23. The molecule has 5 heteroatoms. The van der Waals surface area contributed by atoms with Gasteiger partial charge in [-0.15, -0.1) is 0 Å². The standard InChI is InChI=1S/C12H15N3O2/c13-9-11-3-1-10(2-4-11)5-6-12(14)15-17-8-7-16/h1-4,16H,5-8H2,(H2,14,15). The number of aliphatic hydroxyl groups is 1. The highest BCUT2D eigenvalue weighted by atomic mass is 16.6. The molecule has 0 heterocycles. The van der Waals surface area contributed by atoms with Gasteiger partial charge in [0.2, 0.25) is 0 Å². The zero-order chi connectivity index (χ0) is 12.5. The van der Waals surface area contributed by atoms with Crippen LogP contribution in [0.15, 0.2) is 29.4 Å². The molecule has 0 aliphatic carbocycles. The summed E-state index contributed by atoms with van der Waals surface area (Å²) in [5, 5.41) is 20.8. The van der Waals surface area contributed by atoms with Gasteiger partial charge in [-0.25, -0.2) is 0 Å². The van der Waals surface area contributed by atoms with Crippen molar-refractivity contribution >= 4 is 5.84 Å². The van der Waals surface area contributed by atoms with E-state index in [9.17, 15) is 0 Å². The Morgan fingerprint density at radius 3 is 2.71 bits per heavy atom. The van der Waals surface area contributed by atoms with Crippen molar-refractivity contribution in [1.82, 2.24) is 0 Å². The normalized spacial score (nSPS) is 10.9. The number of aryl methyl sites for hydroxylation is 1. The molecular weight excluding hydrogens is 218 g/mol. The number of nitrogens with zero attached hydrogens (tertiary/aromatic N) is 2. The maximum atomic E-state index is 8.64. The van der Waals surface area contributed by atoms with E-state index in [-0.39, 0.29) is 13.2 Å². The Balaban J connectivity index is 2.39. The third kappa shape index (κ3) is 5.00. The number of hydrogen-bond acceptors (Lipinski definition) is 4. The van der Waals surface area contributed by atoms with Crippen LogP contribution in [0, 0.1) is 11.3 Å². The fourth-order valence-corrected chi connectivity index (χ4v) is 1.23. The zero-order valence-corrected chi connectivity index (χ0v) is 9.47. The number of benzene rings is 1. The molecule has 17 heavy (non-hydrogen) atoms. The van der Waals surface area contributed by atoms with Gasteiger partial charge in [0, 0.05) is 6.42 Å². The molecule has 0 aliphatic heterocycles. The molecule has 0 unspecified atom stereocenters. The number of aliphatic hydroxyl groups excluding tert-OH is 1. The molecule has 1 aromatic rings. The molecule has 5 nitrogen and oxygen atoms in total. The molecule has 0 saturated carbocycles. The van der Waals surface area contributed by atoms with Crippen molar-refractivity contribution in [1.29, 1.82) is 5.26 Å². The van der Waals surface area contributed by atoms with Crippen LogP contribution < -0.4 is 5.73 Å². The highest BCUT2D eigenvalue weighted by Gasteiger charge is 1.97. The highest BCUT2D eigenvalue weighted by Crippen LogP contribution is 2.05. The molecular formula is C12H15N3O2. The fraction of sp³-hybridized carbons (Fsp3) is 0.333. The molecule has 0 saturated heterocycles. The number of rotatable bonds is 6. The number of amidine groups is 1. The monoisotopic (exact) mass is 233 g/mol. The average molecular weight is 233 g/mol. The van der Waals surface area contributed by atoms with Gasteiger partial charge >= 0.3 is 0 Å². The van der Waals surface area contributed by atoms with Crippen LogP contribution in [0.25, 0.3) is 0 Å². The highest BCUT2D eigenvalue weighted by molar-refractivity contribution is 5.79. The Morgan fingerprint density at radius 2 is 2.12 bits per heavy atom. The van der Waals surface area contributed by atoms with Crippen molar-refractivity contribution in [3.05, 3.63) is 35.4 Å². The molecule has 90 valence electrons. The predicted molar refractivity (Wildman–Crippen MR) is 64.1 cm³/mol. The molecule has 0 amide bonds. The summed E-state index contributed by atoms with van der Waals surface area (Å²) in [6, 6.07) is 9.38. The van der Waals surface area contributed by atoms with E-state index in [1.54, 1.807) is 12.1 Å². The Bertz CT molecular complexity index is 407. The minimum absolute atomic E-state index is 0.0770. The van der Waals surface area contributed by atoms with E-state index in [1.165, 1.54) is 0 Å². The molecule has 1 aromatic carbocycles. The number of hydrogen-bond donors (Lipinski definition) is 2. The topological polar surface area (TPSA) is 91.6 Å². The van der Waals surface area contributed by atoms with E-state index in [4.69, 9.17) is 20.9 Å². The Morgan fingerprint density at radius 1 is 1.41 bits per heavy atom. The van der Waals surface area contributed by atoms with Gasteiger partial charge in [-0.3, -0.25) is 0 Å². The first-order valence-corrected chi connectivity index (χ1v) is 5.30. The van der Waals surface area contributed by atoms with E-state index >= 15 is 0 Å². The van der Waals surface area contributed by atoms with E-state index in [0.717, 1.165) is 12.0 Å². The smallest absolute Gasteiger partial charge is 0.140 e. The second kappa shape index (κ2) is 7.25. The van der Waals surface area contributed by atoms with Crippen LogP contribution in [-0.2, 0) is 11.3 Å². The Kier molecular flexibility index (Phi) is 5.55. The second-order valence-electron chi connectivity index (χ2n) is 3.45. The molecule has 0 radical (unpaired) electrons. The van der Waals surface area contributed by atoms with Crippen LogP contribution in [-0.4, -0.2) is 24.2 Å². The third-order valence-corrected chi connectivity index (χ3v) is 2.12. The van der Waals surface area contributed by atoms with Crippen LogP contribution in [0.2, 0.25) is 0 Å². The van der Waals surface area contributed by atoms with Gasteiger partial charge in [-0.1, -0.05) is 17.3 Å². The summed E-state index contributed by atoms with van der Waals surface area (Å²) in [7, 11) is 0. The maximum absolute atomic E-state index is 8.64. The van der Waals surface area contributed by atoms with Crippen LogP contribution in [0.5, 0.6) is 0 Å².